The van der Waals surface area contributed by atoms with Crippen molar-refractivity contribution in [1.82, 2.24) is 0 Å². The summed E-state index contributed by atoms with van der Waals surface area (Å²) < 4.78 is 62.1. The van der Waals surface area contributed by atoms with E-state index in [0.29, 0.717) is 38.5 Å². The molecule has 0 spiro atoms. The van der Waals surface area contributed by atoms with Crippen LogP contribution >= 0.6 is 0 Å². The molecule has 0 saturated carbocycles. The molecule has 476 valence electrons. The Hall–Kier alpha value is -5.40. The molecule has 14 atom stereocenters. The van der Waals surface area contributed by atoms with E-state index in [4.69, 9.17) is 52.1 Å². The molecule has 2 aliphatic heterocycles. The van der Waals surface area contributed by atoms with Gasteiger partial charge in [0.2, 0.25) is 0 Å². The summed E-state index contributed by atoms with van der Waals surface area (Å²) in [5.41, 5.74) is 1.21. The first-order chi connectivity index (χ1) is 40.4. The van der Waals surface area contributed by atoms with Crippen LogP contribution < -0.4 is 0 Å². The highest BCUT2D eigenvalue weighted by Crippen LogP contribution is 2.48. The van der Waals surface area contributed by atoms with E-state index in [9.17, 15) is 38.4 Å². The maximum absolute atomic E-state index is 13.2. The summed E-state index contributed by atoms with van der Waals surface area (Å²) in [6, 6.07) is 0. The molecule has 0 bridgehead atoms. The Morgan fingerprint density at radius 1 is 0.482 bits per heavy atom. The van der Waals surface area contributed by atoms with Crippen LogP contribution in [0.5, 0.6) is 0 Å². The fraction of sp³-hybridized carbons (Fsp3) is 0.758. The largest absolute Gasteiger partial charge is 0.463 e. The zero-order valence-electron chi connectivity index (χ0n) is 52.3. The van der Waals surface area contributed by atoms with Gasteiger partial charge in [0, 0.05) is 24.7 Å². The first-order valence-corrected chi connectivity index (χ1v) is 31.5. The van der Waals surface area contributed by atoms with Crippen molar-refractivity contribution in [3.63, 3.8) is 0 Å². The molecule has 19 heteroatoms. The lowest BCUT2D eigenvalue weighted by Crippen LogP contribution is -2.43. The topological polar surface area (TPSA) is 238 Å². The number of fused-ring (bicyclic) bond motifs is 2. The zero-order valence-corrected chi connectivity index (χ0v) is 52.3. The van der Waals surface area contributed by atoms with E-state index in [1.54, 1.807) is 0 Å². The lowest BCUT2D eigenvalue weighted by Gasteiger charge is -2.44. The Balaban J connectivity index is 0.754. The van der Waals surface area contributed by atoms with Gasteiger partial charge >= 0.3 is 47.8 Å². The number of ether oxygens (including phenoxy) is 11. The molecule has 19 nitrogen and oxygen atoms in total. The zero-order chi connectivity index (χ0) is 61.8. The van der Waals surface area contributed by atoms with Crippen molar-refractivity contribution >= 4 is 47.8 Å². The van der Waals surface area contributed by atoms with Crippen LogP contribution in [0.2, 0.25) is 0 Å². The van der Waals surface area contributed by atoms with Gasteiger partial charge in [0.25, 0.3) is 0 Å². The molecule has 2 saturated heterocycles. The molecule has 0 amide bonds. The van der Waals surface area contributed by atoms with Crippen LogP contribution in [0.15, 0.2) is 47.6 Å². The number of allylic oxidation sites excluding steroid dienone is 6. The van der Waals surface area contributed by atoms with Gasteiger partial charge in [-0.1, -0.05) is 78.0 Å². The first kappa shape index (κ1) is 68.7. The second-order valence-electron chi connectivity index (χ2n) is 25.7. The van der Waals surface area contributed by atoms with E-state index in [2.05, 4.69) is 64.2 Å². The minimum absolute atomic E-state index is 0.0173. The summed E-state index contributed by atoms with van der Waals surface area (Å²) in [7, 11) is 0. The fourth-order valence-electron chi connectivity index (χ4n) is 12.3. The summed E-state index contributed by atoms with van der Waals surface area (Å²) in [5, 5.41) is 0. The minimum atomic E-state index is -0.664. The van der Waals surface area contributed by atoms with Crippen molar-refractivity contribution < 1.29 is 90.5 Å². The predicted molar refractivity (Wildman–Crippen MR) is 311 cm³/mol. The van der Waals surface area contributed by atoms with Crippen molar-refractivity contribution in [2.24, 2.45) is 58.2 Å². The molecule has 0 N–H and O–H groups in total. The van der Waals surface area contributed by atoms with Crippen molar-refractivity contribution in [3.05, 3.63) is 47.6 Å². The monoisotopic (exact) mass is 1190 g/mol. The molecule has 6 rings (SSSR count). The average Bonchev–Trinajstić information content (AvgIpc) is 2.51. The lowest BCUT2D eigenvalue weighted by atomic mass is 9.65. The number of carbonyl (C=O) groups is 8. The van der Waals surface area contributed by atoms with E-state index in [0.717, 1.165) is 25.7 Å². The summed E-state index contributed by atoms with van der Waals surface area (Å²) in [6.45, 7) is 21.4. The van der Waals surface area contributed by atoms with E-state index < -0.39 is 71.1 Å². The van der Waals surface area contributed by atoms with Crippen molar-refractivity contribution in [2.75, 3.05) is 52.9 Å². The maximum atomic E-state index is 13.2. The van der Waals surface area contributed by atoms with Gasteiger partial charge in [0.05, 0.1) is 89.0 Å². The molecular weight excluding hydrogens is 1100 g/mol. The molecule has 2 fully saturated rings. The highest BCUT2D eigenvalue weighted by molar-refractivity contribution is 5.79. The van der Waals surface area contributed by atoms with E-state index in [-0.39, 0.29) is 163 Å². The summed E-state index contributed by atoms with van der Waals surface area (Å²) in [5.74, 6) is -2.25. The molecule has 0 aromatic carbocycles. The van der Waals surface area contributed by atoms with Crippen LogP contribution in [0.4, 0.5) is 0 Å². The van der Waals surface area contributed by atoms with Gasteiger partial charge in [-0.3, -0.25) is 38.4 Å². The van der Waals surface area contributed by atoms with Gasteiger partial charge in [-0.25, -0.2) is 0 Å². The lowest BCUT2D eigenvalue weighted by molar-refractivity contribution is -0.172. The standard InChI is InChI=1S/C66H98O19/c1-11-65(7,8)63(73)84-53-35-41(3)33-45-15-13-43(5)51(61(45)53)19-17-47-37-49(39-59(71)80-47)82-57(69)23-21-55(67)78-31-29-76-27-25-75-26-28-77-30-32-79-56(68)22-24-58(70)83-50-38-48(81-60(72)40-50)18-20-52-44(6)14-16-46-34-42(4)36-54(62(46)52)85-64(74)66(9,10)12-2/h13-16,33-34,41-44,47-54,61-62H,11-12,17-32,35-40H2,1-10H3. The molecule has 14 unspecified atom stereocenters. The molecule has 6 aliphatic rings. The second kappa shape index (κ2) is 33.1. The summed E-state index contributed by atoms with van der Waals surface area (Å²) in [6.07, 6.45) is 15.8. The quantitative estimate of drug-likeness (QED) is 0.0346. The molecule has 4 aliphatic carbocycles. The van der Waals surface area contributed by atoms with Crippen LogP contribution in [0.25, 0.3) is 0 Å². The van der Waals surface area contributed by atoms with Gasteiger partial charge in [-0.05, 0) is 126 Å². The smallest absolute Gasteiger partial charge is 0.311 e. The number of carbonyl (C=O) groups excluding carboxylic acids is 8. The Morgan fingerprint density at radius 2 is 0.835 bits per heavy atom. The second-order valence-corrected chi connectivity index (χ2v) is 25.7. The first-order valence-electron chi connectivity index (χ1n) is 31.5. The molecule has 0 aromatic rings. The number of hydrogen-bond acceptors (Lipinski definition) is 19. The summed E-state index contributed by atoms with van der Waals surface area (Å²) in [4.78, 5) is 102. The summed E-state index contributed by atoms with van der Waals surface area (Å²) >= 11 is 0. The van der Waals surface area contributed by atoms with E-state index in [1.165, 1.54) is 11.1 Å². The van der Waals surface area contributed by atoms with Crippen molar-refractivity contribution in [3.8, 4) is 0 Å². The third kappa shape index (κ3) is 21.5. The maximum Gasteiger partial charge on any atom is 0.311 e. The Labute approximate surface area is 503 Å². The van der Waals surface area contributed by atoms with Crippen LogP contribution in [-0.2, 0) is 90.5 Å². The van der Waals surface area contributed by atoms with Crippen molar-refractivity contribution in [2.45, 2.75) is 209 Å². The van der Waals surface area contributed by atoms with Gasteiger partial charge < -0.3 is 52.1 Å². The van der Waals surface area contributed by atoms with Crippen molar-refractivity contribution in [1.29, 1.82) is 0 Å². The van der Waals surface area contributed by atoms with Gasteiger partial charge in [-0.15, -0.1) is 0 Å². The number of hydrogen-bond donors (Lipinski definition) is 0. The average molecular weight is 1200 g/mol. The minimum Gasteiger partial charge on any atom is -0.463 e. The number of cyclic esters (lactones) is 2. The Bertz CT molecular complexity index is 2240. The number of rotatable bonds is 32. The molecular formula is C66H98O19. The van der Waals surface area contributed by atoms with Crippen LogP contribution in [0.1, 0.15) is 172 Å². The predicted octanol–water partition coefficient (Wildman–Crippen LogP) is 9.98. The molecule has 0 radical (unpaired) electrons. The molecule has 85 heavy (non-hydrogen) atoms. The van der Waals surface area contributed by atoms with Gasteiger partial charge in [0.15, 0.2) is 0 Å². The SMILES string of the molecule is CCC(C)(C)C(=O)OC1CC(C)C=C2C=CC(C)C(CCC3CC(OC(=O)CCC(=O)OCCOCCOCCOCCOC(=O)CCC(=O)OC4CC(=O)OC(CCC5C(C)C=CC6=CC(C)CC(OC(=O)C(C)(C)CC)C65)C4)CC(=O)O3)C21. The van der Waals surface area contributed by atoms with E-state index in [1.807, 2.05) is 41.5 Å². The van der Waals surface area contributed by atoms with Crippen LogP contribution in [-0.4, -0.2) is 137 Å². The molecule has 0 aromatic heterocycles. The third-order valence-electron chi connectivity index (χ3n) is 18.0. The van der Waals surface area contributed by atoms with Gasteiger partial charge in [0.1, 0.15) is 49.8 Å². The van der Waals surface area contributed by atoms with E-state index >= 15 is 0 Å². The van der Waals surface area contributed by atoms with Crippen LogP contribution in [0.3, 0.4) is 0 Å². The highest BCUT2D eigenvalue weighted by atomic mass is 16.6. The Morgan fingerprint density at radius 3 is 1.20 bits per heavy atom. The van der Waals surface area contributed by atoms with Crippen LogP contribution in [0, 0.1) is 58.2 Å². The van der Waals surface area contributed by atoms with Gasteiger partial charge in [-0.2, -0.15) is 0 Å². The highest BCUT2D eigenvalue weighted by Gasteiger charge is 2.46. The number of esters is 8. The fourth-order valence-corrected chi connectivity index (χ4v) is 12.3. The Kier molecular flexibility index (Phi) is 26.7. The normalized spacial score (nSPS) is 29.2. The molecule has 2 heterocycles. The third-order valence-corrected chi connectivity index (χ3v) is 18.0.